The lowest BCUT2D eigenvalue weighted by atomic mass is 9.84. The Kier molecular flexibility index (Phi) is 3.78. The van der Waals surface area contributed by atoms with Gasteiger partial charge in [-0.05, 0) is 19.9 Å². The van der Waals surface area contributed by atoms with Gasteiger partial charge in [0, 0.05) is 12.0 Å². The van der Waals surface area contributed by atoms with Crippen LogP contribution >= 0.6 is 0 Å². The molecule has 3 rings (SSSR count). The highest BCUT2D eigenvalue weighted by molar-refractivity contribution is 6.07. The number of carbonyl (C=O) groups is 2. The molecule has 0 aromatic heterocycles. The van der Waals surface area contributed by atoms with Gasteiger partial charge in [-0.15, -0.1) is 0 Å². The molecule has 2 aliphatic rings. The number of urea groups is 1. The van der Waals surface area contributed by atoms with Crippen LogP contribution in [0.15, 0.2) is 24.3 Å². The summed E-state index contributed by atoms with van der Waals surface area (Å²) in [5.41, 5.74) is -0.268. The van der Waals surface area contributed by atoms with E-state index in [1.807, 2.05) is 38.1 Å². The second-order valence-electron chi connectivity index (χ2n) is 5.81. The fourth-order valence-corrected chi connectivity index (χ4v) is 2.95. The standard InChI is InChI=1S/C16H20N2O4/c1-11(2)21-10-8-18-14(19)16(17-15(18)20)7-9-22-13-6-4-3-5-12(13)16/h3-6,11H,7-10H2,1-2H3,(H,17,20)/t16-/m0/s1. The number of hydrogen-bond acceptors (Lipinski definition) is 4. The zero-order valence-corrected chi connectivity index (χ0v) is 12.8. The van der Waals surface area contributed by atoms with Gasteiger partial charge in [0.15, 0.2) is 5.54 Å². The second kappa shape index (κ2) is 5.61. The first-order valence-corrected chi connectivity index (χ1v) is 7.52. The molecule has 0 saturated carbocycles. The molecule has 118 valence electrons. The number of nitrogens with one attached hydrogen (secondary N) is 1. The van der Waals surface area contributed by atoms with Gasteiger partial charge in [-0.2, -0.15) is 0 Å². The number of nitrogens with zero attached hydrogens (tertiary/aromatic N) is 1. The van der Waals surface area contributed by atoms with Crippen molar-refractivity contribution < 1.29 is 19.1 Å². The third kappa shape index (κ3) is 2.33. The Bertz CT molecular complexity index is 602. The van der Waals surface area contributed by atoms with Crippen LogP contribution in [0.3, 0.4) is 0 Å². The first kappa shape index (κ1) is 14.8. The van der Waals surface area contributed by atoms with Crippen LogP contribution in [0.1, 0.15) is 25.8 Å². The minimum atomic E-state index is -0.996. The molecule has 1 saturated heterocycles. The Morgan fingerprint density at radius 2 is 2.14 bits per heavy atom. The molecule has 0 aliphatic carbocycles. The van der Waals surface area contributed by atoms with Crippen LogP contribution in [-0.4, -0.2) is 42.7 Å². The molecule has 22 heavy (non-hydrogen) atoms. The molecule has 6 heteroatoms. The Hall–Kier alpha value is -2.08. The lowest BCUT2D eigenvalue weighted by molar-refractivity contribution is -0.133. The number of fused-ring (bicyclic) bond motifs is 2. The van der Waals surface area contributed by atoms with Gasteiger partial charge < -0.3 is 14.8 Å². The molecule has 0 bridgehead atoms. The lowest BCUT2D eigenvalue weighted by Crippen LogP contribution is -2.47. The molecule has 1 N–H and O–H groups in total. The number of carbonyl (C=O) groups excluding carboxylic acids is 2. The summed E-state index contributed by atoms with van der Waals surface area (Å²) in [6, 6.07) is 6.99. The van der Waals surface area contributed by atoms with Crippen molar-refractivity contribution in [3.63, 3.8) is 0 Å². The van der Waals surface area contributed by atoms with Crippen LogP contribution in [0.25, 0.3) is 0 Å². The van der Waals surface area contributed by atoms with Crippen LogP contribution in [0.4, 0.5) is 4.79 Å². The highest BCUT2D eigenvalue weighted by atomic mass is 16.5. The first-order chi connectivity index (χ1) is 10.5. The van der Waals surface area contributed by atoms with Crippen molar-refractivity contribution in [2.45, 2.75) is 31.9 Å². The molecular weight excluding hydrogens is 284 g/mol. The van der Waals surface area contributed by atoms with Gasteiger partial charge in [0.05, 0.1) is 25.9 Å². The van der Waals surface area contributed by atoms with Gasteiger partial charge in [-0.25, -0.2) is 4.79 Å². The first-order valence-electron chi connectivity index (χ1n) is 7.52. The summed E-state index contributed by atoms with van der Waals surface area (Å²) in [6.07, 6.45) is 0.509. The fourth-order valence-electron chi connectivity index (χ4n) is 2.95. The van der Waals surface area contributed by atoms with E-state index in [-0.39, 0.29) is 24.6 Å². The summed E-state index contributed by atoms with van der Waals surface area (Å²) in [4.78, 5) is 26.3. The van der Waals surface area contributed by atoms with Crippen LogP contribution < -0.4 is 10.1 Å². The van der Waals surface area contributed by atoms with E-state index in [1.165, 1.54) is 4.90 Å². The molecule has 6 nitrogen and oxygen atoms in total. The number of ether oxygens (including phenoxy) is 2. The van der Waals surface area contributed by atoms with Crippen LogP contribution in [0.5, 0.6) is 5.75 Å². The van der Waals surface area contributed by atoms with Gasteiger partial charge in [0.25, 0.3) is 5.91 Å². The number of hydrogen-bond donors (Lipinski definition) is 1. The van der Waals surface area contributed by atoms with E-state index in [2.05, 4.69) is 5.32 Å². The van der Waals surface area contributed by atoms with E-state index >= 15 is 0 Å². The smallest absolute Gasteiger partial charge is 0.325 e. The summed E-state index contributed by atoms with van der Waals surface area (Å²) in [5.74, 6) is 0.434. The van der Waals surface area contributed by atoms with Crippen molar-refractivity contribution in [3.05, 3.63) is 29.8 Å². The highest BCUT2D eigenvalue weighted by Gasteiger charge is 2.54. The molecule has 0 radical (unpaired) electrons. The fraction of sp³-hybridized carbons (Fsp3) is 0.500. The third-order valence-electron chi connectivity index (χ3n) is 4.02. The average Bonchev–Trinajstić information content (AvgIpc) is 2.72. The Labute approximate surface area is 129 Å². The Morgan fingerprint density at radius 3 is 2.91 bits per heavy atom. The van der Waals surface area contributed by atoms with Gasteiger partial charge >= 0.3 is 6.03 Å². The van der Waals surface area contributed by atoms with Gasteiger partial charge in [-0.1, -0.05) is 18.2 Å². The van der Waals surface area contributed by atoms with E-state index in [0.717, 1.165) is 5.56 Å². The summed E-state index contributed by atoms with van der Waals surface area (Å²) in [7, 11) is 0. The van der Waals surface area contributed by atoms with Crippen LogP contribution in [0, 0.1) is 0 Å². The lowest BCUT2D eigenvalue weighted by Gasteiger charge is -2.33. The summed E-state index contributed by atoms with van der Waals surface area (Å²) in [5, 5.41) is 2.87. The van der Waals surface area contributed by atoms with E-state index in [1.54, 1.807) is 0 Å². The van der Waals surface area contributed by atoms with E-state index in [0.29, 0.717) is 25.4 Å². The van der Waals surface area contributed by atoms with Crippen molar-refractivity contribution >= 4 is 11.9 Å². The number of benzene rings is 1. The van der Waals surface area contributed by atoms with E-state index in [4.69, 9.17) is 9.47 Å². The van der Waals surface area contributed by atoms with Crippen LogP contribution in [0.2, 0.25) is 0 Å². The van der Waals surface area contributed by atoms with Crippen molar-refractivity contribution in [1.29, 1.82) is 0 Å². The monoisotopic (exact) mass is 304 g/mol. The molecule has 1 spiro atoms. The number of rotatable bonds is 4. The maximum absolute atomic E-state index is 12.9. The Morgan fingerprint density at radius 1 is 1.36 bits per heavy atom. The zero-order chi connectivity index (χ0) is 15.7. The predicted molar refractivity (Wildman–Crippen MR) is 79.6 cm³/mol. The average molecular weight is 304 g/mol. The molecular formula is C16H20N2O4. The van der Waals surface area contributed by atoms with Crippen LogP contribution in [-0.2, 0) is 15.1 Å². The van der Waals surface area contributed by atoms with Crippen molar-refractivity contribution in [2.75, 3.05) is 19.8 Å². The second-order valence-corrected chi connectivity index (χ2v) is 5.81. The van der Waals surface area contributed by atoms with E-state index in [9.17, 15) is 9.59 Å². The van der Waals surface area contributed by atoms with E-state index < -0.39 is 5.54 Å². The predicted octanol–water partition coefficient (Wildman–Crippen LogP) is 1.64. The van der Waals surface area contributed by atoms with Crippen molar-refractivity contribution in [3.8, 4) is 5.75 Å². The molecule has 1 atom stereocenters. The number of para-hydroxylation sites is 1. The highest BCUT2D eigenvalue weighted by Crippen LogP contribution is 2.40. The normalized spacial score (nSPS) is 23.7. The minimum absolute atomic E-state index is 0.0681. The van der Waals surface area contributed by atoms with Gasteiger partial charge in [0.2, 0.25) is 0 Å². The molecule has 0 unspecified atom stereocenters. The summed E-state index contributed by atoms with van der Waals surface area (Å²) < 4.78 is 11.0. The van der Waals surface area contributed by atoms with Crippen molar-refractivity contribution in [1.82, 2.24) is 10.2 Å². The molecule has 2 heterocycles. The SMILES string of the molecule is CC(C)OCCN1C(=O)N[C@]2(CCOc3ccccc32)C1=O. The largest absolute Gasteiger partial charge is 0.493 e. The van der Waals surface area contributed by atoms with Gasteiger partial charge in [-0.3, -0.25) is 9.69 Å². The zero-order valence-electron chi connectivity index (χ0n) is 12.8. The molecule has 2 aliphatic heterocycles. The minimum Gasteiger partial charge on any atom is -0.493 e. The van der Waals surface area contributed by atoms with Gasteiger partial charge in [0.1, 0.15) is 5.75 Å². The maximum Gasteiger partial charge on any atom is 0.325 e. The maximum atomic E-state index is 12.9. The molecule has 1 aromatic carbocycles. The molecule has 1 fully saturated rings. The summed E-state index contributed by atoms with van der Waals surface area (Å²) in [6.45, 7) is 4.84. The van der Waals surface area contributed by atoms with Crippen molar-refractivity contribution in [2.24, 2.45) is 0 Å². The summed E-state index contributed by atoms with van der Waals surface area (Å²) >= 11 is 0. The Balaban J connectivity index is 1.85. The topological polar surface area (TPSA) is 67.9 Å². The molecule has 3 amide bonds. The molecule has 1 aromatic rings. The number of imide groups is 1. The quantitative estimate of drug-likeness (QED) is 0.859. The number of amides is 3. The third-order valence-corrected chi connectivity index (χ3v) is 4.02.